The van der Waals surface area contributed by atoms with Gasteiger partial charge in [-0.2, -0.15) is 0 Å². The minimum absolute atomic E-state index is 0. The zero-order valence-corrected chi connectivity index (χ0v) is 26.2. The molecule has 10 nitrogen and oxygen atoms in total. The number of esters is 2. The molecule has 1 unspecified atom stereocenters. The van der Waals surface area contributed by atoms with Gasteiger partial charge >= 0.3 is 11.9 Å². The lowest BCUT2D eigenvalue weighted by Gasteiger charge is -2.38. The van der Waals surface area contributed by atoms with Gasteiger partial charge in [-0.25, -0.2) is 9.59 Å². The van der Waals surface area contributed by atoms with E-state index in [1.54, 1.807) is 26.0 Å². The number of nitro benzene ring substituents is 1. The summed E-state index contributed by atoms with van der Waals surface area (Å²) in [6.07, 6.45) is 4.23. The van der Waals surface area contributed by atoms with Gasteiger partial charge in [-0.15, -0.1) is 24.8 Å². The largest absolute Gasteiger partial charge is 0.466 e. The van der Waals surface area contributed by atoms with Gasteiger partial charge in [-0.3, -0.25) is 15.0 Å². The summed E-state index contributed by atoms with van der Waals surface area (Å²) in [4.78, 5) is 42.2. The fourth-order valence-electron chi connectivity index (χ4n) is 5.17. The van der Waals surface area contributed by atoms with E-state index in [2.05, 4.69) is 41.1 Å². The number of hydrogen-bond donors (Lipinski definition) is 1. The lowest BCUT2D eigenvalue weighted by Crippen LogP contribution is -2.49. The summed E-state index contributed by atoms with van der Waals surface area (Å²) in [6.45, 7) is 15.4. The molecule has 3 rings (SSSR count). The van der Waals surface area contributed by atoms with Crippen LogP contribution >= 0.6 is 24.8 Å². The van der Waals surface area contributed by atoms with Gasteiger partial charge < -0.3 is 19.7 Å². The van der Waals surface area contributed by atoms with Crippen molar-refractivity contribution in [2.45, 2.75) is 40.5 Å². The maximum atomic E-state index is 13.6. The van der Waals surface area contributed by atoms with Crippen molar-refractivity contribution in [3.8, 4) is 0 Å². The van der Waals surface area contributed by atoms with Gasteiger partial charge in [-0.1, -0.05) is 38.1 Å². The lowest BCUT2D eigenvalue weighted by atomic mass is 9.80. The molecule has 2 aliphatic rings. The van der Waals surface area contributed by atoms with Crippen molar-refractivity contribution in [2.24, 2.45) is 5.41 Å². The molecule has 0 spiro atoms. The number of allylic oxidation sites excluding steroid dienone is 3. The zero-order chi connectivity index (χ0) is 28.7. The molecule has 1 aromatic rings. The molecule has 0 aromatic heterocycles. The maximum absolute atomic E-state index is 13.6. The van der Waals surface area contributed by atoms with Crippen molar-refractivity contribution < 1.29 is 24.0 Å². The molecular formula is C29H42Cl2N4O6. The van der Waals surface area contributed by atoms with Crippen molar-refractivity contribution in [3.63, 3.8) is 0 Å². The minimum atomic E-state index is -0.875. The van der Waals surface area contributed by atoms with Gasteiger partial charge in [0, 0.05) is 68.2 Å². The molecule has 1 aromatic carbocycles. The number of halogens is 2. The minimum Gasteiger partial charge on any atom is -0.466 e. The van der Waals surface area contributed by atoms with E-state index in [0.717, 1.165) is 39.3 Å². The van der Waals surface area contributed by atoms with Crippen molar-refractivity contribution in [2.75, 3.05) is 53.0 Å². The van der Waals surface area contributed by atoms with Crippen LogP contribution < -0.4 is 5.32 Å². The molecule has 1 atom stereocenters. The van der Waals surface area contributed by atoms with Crippen LogP contribution in [0.3, 0.4) is 0 Å². The molecule has 0 bridgehead atoms. The topological polar surface area (TPSA) is 114 Å². The first-order valence-electron chi connectivity index (χ1n) is 13.2. The number of piperazine rings is 1. The molecular weight excluding hydrogens is 571 g/mol. The smallest absolute Gasteiger partial charge is 0.336 e. The predicted octanol–water partition coefficient (Wildman–Crippen LogP) is 4.61. The van der Waals surface area contributed by atoms with Gasteiger partial charge in [-0.05, 0) is 26.3 Å². The molecule has 1 N–H and O–H groups in total. The third-order valence-corrected chi connectivity index (χ3v) is 7.11. The summed E-state index contributed by atoms with van der Waals surface area (Å²) < 4.78 is 10.9. The van der Waals surface area contributed by atoms with Crippen LogP contribution in [-0.4, -0.2) is 79.6 Å². The number of ether oxygens (including phenoxy) is 2. The highest BCUT2D eigenvalue weighted by atomic mass is 35.5. The molecule has 2 heterocycles. The highest BCUT2D eigenvalue weighted by Gasteiger charge is 2.39. The van der Waals surface area contributed by atoms with E-state index in [9.17, 15) is 19.7 Å². The molecule has 2 aliphatic heterocycles. The number of dihydropyridines is 1. The second-order valence-electron chi connectivity index (χ2n) is 10.9. The second kappa shape index (κ2) is 15.9. The van der Waals surface area contributed by atoms with Crippen LogP contribution in [0, 0.1) is 15.5 Å². The second-order valence-corrected chi connectivity index (χ2v) is 10.9. The normalized spacial score (nSPS) is 18.3. The number of nitro groups is 1. The average molecular weight is 614 g/mol. The molecule has 0 aliphatic carbocycles. The fraction of sp³-hybridized carbons (Fsp3) is 0.517. The van der Waals surface area contributed by atoms with Crippen molar-refractivity contribution >= 4 is 42.4 Å². The standard InChI is InChI=1S/C29H40N4O6.2ClH/c1-7-8-12-31-13-15-32(16-14-31)18-29(4,5)19-39-28(35)25-21(3)30-20(2)24(27(34)38-6)26(25)22-10-9-11-23(17-22)33(36)37;;/h7-11,17,26,30H,12-16,18-19H2,1-6H3;2*1H. The average Bonchev–Trinajstić information content (AvgIpc) is 2.90. The van der Waals surface area contributed by atoms with Gasteiger partial charge in [0.15, 0.2) is 0 Å². The van der Waals surface area contributed by atoms with Gasteiger partial charge in [0.05, 0.1) is 35.7 Å². The monoisotopic (exact) mass is 612 g/mol. The summed E-state index contributed by atoms with van der Waals surface area (Å²) in [7, 11) is 1.26. The van der Waals surface area contributed by atoms with Crippen LogP contribution in [0.1, 0.15) is 46.1 Å². The zero-order valence-electron chi connectivity index (χ0n) is 24.6. The molecule has 41 heavy (non-hydrogen) atoms. The first kappa shape index (κ1) is 36.1. The van der Waals surface area contributed by atoms with E-state index < -0.39 is 22.8 Å². The molecule has 0 saturated carbocycles. The first-order valence-corrected chi connectivity index (χ1v) is 13.2. The molecule has 1 fully saturated rings. The number of rotatable bonds is 10. The Morgan fingerprint density at radius 3 is 2.22 bits per heavy atom. The van der Waals surface area contributed by atoms with E-state index in [1.165, 1.54) is 19.2 Å². The number of hydrogen-bond acceptors (Lipinski definition) is 9. The molecule has 228 valence electrons. The molecule has 0 amide bonds. The molecule has 12 heteroatoms. The third-order valence-electron chi connectivity index (χ3n) is 7.11. The van der Waals surface area contributed by atoms with E-state index in [4.69, 9.17) is 9.47 Å². The Labute approximate surface area is 254 Å². The van der Waals surface area contributed by atoms with Crippen molar-refractivity contribution in [1.29, 1.82) is 0 Å². The van der Waals surface area contributed by atoms with E-state index in [1.807, 2.05) is 6.92 Å². The first-order chi connectivity index (χ1) is 18.5. The van der Waals surface area contributed by atoms with E-state index in [0.29, 0.717) is 17.0 Å². The number of benzene rings is 1. The predicted molar refractivity (Wildman–Crippen MR) is 163 cm³/mol. The number of carbonyl (C=O) groups is 2. The number of methoxy groups -OCH3 is 1. The van der Waals surface area contributed by atoms with Crippen molar-refractivity contribution in [3.05, 3.63) is 74.6 Å². The summed E-state index contributed by atoms with van der Waals surface area (Å²) in [6, 6.07) is 5.96. The number of nitrogens with zero attached hydrogens (tertiary/aromatic N) is 3. The molecule has 1 saturated heterocycles. The van der Waals surface area contributed by atoms with Crippen LogP contribution in [0.4, 0.5) is 5.69 Å². The van der Waals surface area contributed by atoms with Crippen LogP contribution in [0.2, 0.25) is 0 Å². The van der Waals surface area contributed by atoms with Gasteiger partial charge in [0.25, 0.3) is 5.69 Å². The van der Waals surface area contributed by atoms with Crippen LogP contribution in [0.15, 0.2) is 59.0 Å². The highest BCUT2D eigenvalue weighted by Crippen LogP contribution is 2.40. The Bertz CT molecular complexity index is 1190. The van der Waals surface area contributed by atoms with Gasteiger partial charge in [0.2, 0.25) is 0 Å². The van der Waals surface area contributed by atoms with Crippen molar-refractivity contribution in [1.82, 2.24) is 15.1 Å². The van der Waals surface area contributed by atoms with E-state index >= 15 is 0 Å². The Morgan fingerprint density at radius 1 is 1.07 bits per heavy atom. The Morgan fingerprint density at radius 2 is 1.66 bits per heavy atom. The third kappa shape index (κ3) is 9.29. The quantitative estimate of drug-likeness (QED) is 0.175. The van der Waals surface area contributed by atoms with Gasteiger partial charge in [0.1, 0.15) is 0 Å². The number of carbonyl (C=O) groups excluding carboxylic acids is 2. The Hall–Kier alpha value is -2.92. The number of non-ortho nitro benzene ring substituents is 1. The van der Waals surface area contributed by atoms with E-state index in [-0.39, 0.29) is 53.7 Å². The van der Waals surface area contributed by atoms with Crippen LogP contribution in [0.25, 0.3) is 0 Å². The summed E-state index contributed by atoms with van der Waals surface area (Å²) in [5.41, 5.74) is 1.48. The number of nitrogens with one attached hydrogen (secondary N) is 1. The highest BCUT2D eigenvalue weighted by molar-refractivity contribution is 5.99. The lowest BCUT2D eigenvalue weighted by molar-refractivity contribution is -0.384. The maximum Gasteiger partial charge on any atom is 0.336 e. The summed E-state index contributed by atoms with van der Waals surface area (Å²) in [5.74, 6) is -2.07. The Balaban J connectivity index is 0.00000420. The summed E-state index contributed by atoms with van der Waals surface area (Å²) in [5, 5.41) is 14.6. The SMILES string of the molecule is CC=CCN1CCN(CC(C)(C)COC(=O)C2=C(C)NC(C)=C(C(=O)OC)C2c2cccc([N+](=O)[O-])c2)CC1.Cl.Cl. The fourth-order valence-corrected chi connectivity index (χ4v) is 5.17. The Kier molecular flexibility index (Phi) is 14.0. The van der Waals surface area contributed by atoms with Crippen LogP contribution in [-0.2, 0) is 19.1 Å². The summed E-state index contributed by atoms with van der Waals surface area (Å²) >= 11 is 0. The van der Waals surface area contributed by atoms with Crippen LogP contribution in [0.5, 0.6) is 0 Å². The molecule has 0 radical (unpaired) electrons.